The summed E-state index contributed by atoms with van der Waals surface area (Å²) in [5, 5.41) is 3.34. The Hall–Kier alpha value is -1.59. The second kappa shape index (κ2) is 8.83. The molecule has 2 aliphatic heterocycles. The molecule has 1 saturated carbocycles. The standard InChI is InChI=1S/C23H35N3O2/c1-19-7-8-21-20(16-19)6-5-11-25(21)17-22(27)24-18-23(9-3-2-4-10-23)26-12-14-28-15-13-26/h7-8,16H,2-6,9-15,17-18H2,1H3,(H,24,27)/p+1. The summed E-state index contributed by atoms with van der Waals surface area (Å²) >= 11 is 0. The lowest BCUT2D eigenvalue weighted by molar-refractivity contribution is -0.960. The molecule has 154 valence electrons. The van der Waals surface area contributed by atoms with Crippen molar-refractivity contribution >= 4 is 11.6 Å². The molecule has 4 rings (SSSR count). The van der Waals surface area contributed by atoms with E-state index in [2.05, 4.69) is 35.3 Å². The Balaban J connectivity index is 1.38. The van der Waals surface area contributed by atoms with Crippen LogP contribution in [0.4, 0.5) is 5.69 Å². The van der Waals surface area contributed by atoms with E-state index >= 15 is 0 Å². The molecule has 3 aliphatic rings. The van der Waals surface area contributed by atoms with Crippen molar-refractivity contribution in [1.82, 2.24) is 5.32 Å². The Morgan fingerprint density at radius 1 is 1.18 bits per heavy atom. The first-order valence-corrected chi connectivity index (χ1v) is 11.2. The molecule has 0 bridgehead atoms. The van der Waals surface area contributed by atoms with Crippen LogP contribution in [0.5, 0.6) is 0 Å². The van der Waals surface area contributed by atoms with Crippen LogP contribution in [0.1, 0.15) is 49.7 Å². The number of carbonyl (C=O) groups excluding carboxylic acids is 1. The number of nitrogens with one attached hydrogen (secondary N) is 2. The molecule has 0 spiro atoms. The molecule has 28 heavy (non-hydrogen) atoms. The topological polar surface area (TPSA) is 46.0 Å². The van der Waals surface area contributed by atoms with Crippen molar-refractivity contribution in [2.75, 3.05) is 50.8 Å². The van der Waals surface area contributed by atoms with Gasteiger partial charge in [-0.2, -0.15) is 0 Å². The van der Waals surface area contributed by atoms with Gasteiger partial charge in [-0.3, -0.25) is 4.79 Å². The number of hydrogen-bond acceptors (Lipinski definition) is 3. The first-order chi connectivity index (χ1) is 13.7. The van der Waals surface area contributed by atoms with Crippen LogP contribution in [0.15, 0.2) is 18.2 Å². The molecule has 0 atom stereocenters. The molecule has 1 saturated heterocycles. The monoisotopic (exact) mass is 386 g/mol. The third-order valence-corrected chi connectivity index (χ3v) is 7.07. The predicted molar refractivity (Wildman–Crippen MR) is 112 cm³/mol. The Kier molecular flexibility index (Phi) is 6.22. The van der Waals surface area contributed by atoms with Crippen molar-refractivity contribution in [3.63, 3.8) is 0 Å². The molecule has 2 fully saturated rings. The fourth-order valence-corrected chi connectivity index (χ4v) is 5.50. The molecule has 0 unspecified atom stereocenters. The van der Waals surface area contributed by atoms with Crippen molar-refractivity contribution in [2.45, 2.75) is 57.4 Å². The van der Waals surface area contributed by atoms with E-state index in [4.69, 9.17) is 4.74 Å². The van der Waals surface area contributed by atoms with E-state index in [1.807, 2.05) is 0 Å². The normalized spacial score (nSPS) is 22.5. The maximum absolute atomic E-state index is 12.9. The lowest BCUT2D eigenvalue weighted by Crippen LogP contribution is -3.23. The van der Waals surface area contributed by atoms with Gasteiger partial charge in [0.15, 0.2) is 0 Å². The highest BCUT2D eigenvalue weighted by atomic mass is 16.5. The largest absolute Gasteiger partial charge is 0.370 e. The van der Waals surface area contributed by atoms with Crippen molar-refractivity contribution in [2.24, 2.45) is 0 Å². The van der Waals surface area contributed by atoms with E-state index in [1.54, 1.807) is 4.90 Å². The number of morpholine rings is 1. The molecule has 1 aromatic rings. The zero-order chi connectivity index (χ0) is 19.4. The van der Waals surface area contributed by atoms with Crippen molar-refractivity contribution in [3.05, 3.63) is 29.3 Å². The maximum atomic E-state index is 12.9. The number of ether oxygens (including phenoxy) is 1. The summed E-state index contributed by atoms with van der Waals surface area (Å²) in [5.41, 5.74) is 4.16. The summed E-state index contributed by atoms with van der Waals surface area (Å²) in [4.78, 5) is 16.8. The summed E-state index contributed by atoms with van der Waals surface area (Å²) in [6.45, 7) is 8.28. The molecule has 2 N–H and O–H groups in total. The van der Waals surface area contributed by atoms with E-state index in [9.17, 15) is 4.79 Å². The second-order valence-corrected chi connectivity index (χ2v) is 8.99. The smallest absolute Gasteiger partial charge is 0.239 e. The Morgan fingerprint density at radius 2 is 1.96 bits per heavy atom. The highest BCUT2D eigenvalue weighted by molar-refractivity contribution is 5.82. The SMILES string of the molecule is Cc1ccc2c(c1)CCCN2CC(=O)NCC1([NH+]2CCOCC2)CCCCC1. The molecule has 5 nitrogen and oxygen atoms in total. The minimum Gasteiger partial charge on any atom is -0.370 e. The maximum Gasteiger partial charge on any atom is 0.239 e. The predicted octanol–water partition coefficient (Wildman–Crippen LogP) is 1.48. The number of fused-ring (bicyclic) bond motifs is 1. The van der Waals surface area contributed by atoms with Gasteiger partial charge in [-0.15, -0.1) is 0 Å². The van der Waals surface area contributed by atoms with Crippen LogP contribution >= 0.6 is 0 Å². The third kappa shape index (κ3) is 4.36. The fraction of sp³-hybridized carbons (Fsp3) is 0.696. The van der Waals surface area contributed by atoms with Gasteiger partial charge in [-0.1, -0.05) is 24.1 Å². The first-order valence-electron chi connectivity index (χ1n) is 11.2. The molecule has 0 aromatic heterocycles. The van der Waals surface area contributed by atoms with Gasteiger partial charge < -0.3 is 19.9 Å². The molecular weight excluding hydrogens is 350 g/mol. The van der Waals surface area contributed by atoms with E-state index in [1.165, 1.54) is 48.9 Å². The zero-order valence-corrected chi connectivity index (χ0v) is 17.4. The molecule has 5 heteroatoms. The van der Waals surface area contributed by atoms with Crippen LogP contribution in [-0.2, 0) is 16.0 Å². The highest BCUT2D eigenvalue weighted by Crippen LogP contribution is 2.28. The molecular formula is C23H36N3O2+. The number of benzene rings is 1. The van der Waals surface area contributed by atoms with Gasteiger partial charge in [0.25, 0.3) is 0 Å². The third-order valence-electron chi connectivity index (χ3n) is 7.07. The quantitative estimate of drug-likeness (QED) is 0.806. The Bertz CT molecular complexity index is 678. The zero-order valence-electron chi connectivity index (χ0n) is 17.4. The molecule has 1 aliphatic carbocycles. The lowest BCUT2D eigenvalue weighted by Gasteiger charge is -2.45. The molecule has 1 aromatic carbocycles. The van der Waals surface area contributed by atoms with Crippen molar-refractivity contribution in [1.29, 1.82) is 0 Å². The number of aryl methyl sites for hydroxylation is 2. The number of nitrogens with zero attached hydrogens (tertiary/aromatic N) is 1. The average molecular weight is 387 g/mol. The van der Waals surface area contributed by atoms with Crippen LogP contribution in [0.2, 0.25) is 0 Å². The van der Waals surface area contributed by atoms with Gasteiger partial charge in [-0.25, -0.2) is 0 Å². The van der Waals surface area contributed by atoms with Gasteiger partial charge in [0.05, 0.1) is 26.3 Å². The summed E-state index contributed by atoms with van der Waals surface area (Å²) in [5.74, 6) is 0.172. The second-order valence-electron chi connectivity index (χ2n) is 8.99. The Morgan fingerprint density at radius 3 is 2.75 bits per heavy atom. The number of quaternary nitrogens is 1. The number of hydrogen-bond donors (Lipinski definition) is 2. The summed E-state index contributed by atoms with van der Waals surface area (Å²) in [6, 6.07) is 6.63. The van der Waals surface area contributed by atoms with Gasteiger partial charge >= 0.3 is 0 Å². The van der Waals surface area contributed by atoms with Crippen LogP contribution in [0, 0.1) is 6.92 Å². The van der Waals surface area contributed by atoms with Crippen LogP contribution in [0.3, 0.4) is 0 Å². The summed E-state index contributed by atoms with van der Waals surface area (Å²) < 4.78 is 5.59. The van der Waals surface area contributed by atoms with Gasteiger partial charge in [0.1, 0.15) is 18.6 Å². The first kappa shape index (κ1) is 19.7. The molecule has 1 amide bonds. The number of amides is 1. The van der Waals surface area contributed by atoms with Crippen LogP contribution < -0.4 is 15.1 Å². The van der Waals surface area contributed by atoms with E-state index in [0.717, 1.165) is 52.2 Å². The van der Waals surface area contributed by atoms with Crippen molar-refractivity contribution in [3.8, 4) is 0 Å². The van der Waals surface area contributed by atoms with Gasteiger partial charge in [0.2, 0.25) is 5.91 Å². The van der Waals surface area contributed by atoms with E-state index in [0.29, 0.717) is 6.54 Å². The highest BCUT2D eigenvalue weighted by Gasteiger charge is 2.42. The van der Waals surface area contributed by atoms with E-state index < -0.39 is 0 Å². The average Bonchev–Trinajstić information content (AvgIpc) is 2.73. The minimum absolute atomic E-state index is 0.172. The lowest BCUT2D eigenvalue weighted by atomic mass is 9.79. The van der Waals surface area contributed by atoms with Gasteiger partial charge in [0, 0.05) is 25.1 Å². The van der Waals surface area contributed by atoms with Gasteiger partial charge in [-0.05, 0) is 44.2 Å². The summed E-state index contributed by atoms with van der Waals surface area (Å²) in [6.07, 6.45) is 8.63. The van der Waals surface area contributed by atoms with Crippen LogP contribution in [0.25, 0.3) is 0 Å². The molecule has 0 radical (unpaired) electrons. The van der Waals surface area contributed by atoms with Crippen LogP contribution in [-0.4, -0.2) is 57.4 Å². The Labute approximate surface area is 169 Å². The van der Waals surface area contributed by atoms with Crippen molar-refractivity contribution < 1.29 is 14.4 Å². The molecule has 2 heterocycles. The number of anilines is 1. The number of carbonyl (C=O) groups is 1. The summed E-state index contributed by atoms with van der Waals surface area (Å²) in [7, 11) is 0. The number of rotatable bonds is 5. The van der Waals surface area contributed by atoms with E-state index in [-0.39, 0.29) is 11.4 Å². The minimum atomic E-state index is 0.172. The fourth-order valence-electron chi connectivity index (χ4n) is 5.50.